The number of hydrogen-bond donors (Lipinski definition) is 0. The van der Waals surface area contributed by atoms with Crippen LogP contribution in [0.25, 0.3) is 20.7 Å². The first-order valence-electron chi connectivity index (χ1n) is 6.62. The summed E-state index contributed by atoms with van der Waals surface area (Å²) < 4.78 is 1.68. The van der Waals surface area contributed by atoms with Gasteiger partial charge in [0.25, 0.3) is 5.56 Å². The van der Waals surface area contributed by atoms with Crippen LogP contribution in [0.2, 0.25) is 0 Å². The van der Waals surface area contributed by atoms with Crippen LogP contribution in [0.3, 0.4) is 0 Å². The fourth-order valence-electron chi connectivity index (χ4n) is 2.32. The van der Waals surface area contributed by atoms with E-state index in [-0.39, 0.29) is 5.56 Å². The van der Waals surface area contributed by atoms with Crippen LogP contribution < -0.4 is 5.56 Å². The molecule has 0 bridgehead atoms. The Kier molecular flexibility index (Phi) is 3.86. The quantitative estimate of drug-likeness (QED) is 0.688. The van der Waals surface area contributed by atoms with E-state index in [9.17, 15) is 4.79 Å². The largest absolute Gasteiger partial charge is 0.296 e. The summed E-state index contributed by atoms with van der Waals surface area (Å²) in [6, 6.07) is 6.11. The highest BCUT2D eigenvalue weighted by Gasteiger charge is 2.15. The molecule has 0 unspecified atom stereocenters. The maximum Gasteiger partial charge on any atom is 0.262 e. The number of unbranched alkanes of at least 4 members (excludes halogenated alkanes) is 1. The van der Waals surface area contributed by atoms with E-state index in [0.29, 0.717) is 30.6 Å². The van der Waals surface area contributed by atoms with Gasteiger partial charge in [-0.2, -0.15) is 5.26 Å². The summed E-state index contributed by atoms with van der Waals surface area (Å²) in [5, 5.41) is 13.3. The molecule has 0 atom stereocenters. The van der Waals surface area contributed by atoms with Gasteiger partial charge in [-0.1, -0.05) is 6.07 Å². The number of nitrogens with zero attached hydrogens (tertiary/aromatic N) is 3. The van der Waals surface area contributed by atoms with E-state index in [2.05, 4.69) is 11.1 Å². The van der Waals surface area contributed by atoms with E-state index in [1.54, 1.807) is 15.9 Å². The van der Waals surface area contributed by atoms with Gasteiger partial charge in [0, 0.05) is 28.8 Å². The summed E-state index contributed by atoms with van der Waals surface area (Å²) in [7, 11) is 0. The molecule has 0 radical (unpaired) electrons. The van der Waals surface area contributed by atoms with Gasteiger partial charge >= 0.3 is 0 Å². The number of aryl methyl sites for hydroxylation is 1. The van der Waals surface area contributed by atoms with Crippen LogP contribution in [-0.2, 0) is 6.54 Å². The molecular weight excluding hydrogens is 302 g/mol. The van der Waals surface area contributed by atoms with Crippen LogP contribution in [-0.4, -0.2) is 9.55 Å². The molecule has 21 heavy (non-hydrogen) atoms. The summed E-state index contributed by atoms with van der Waals surface area (Å²) >= 11 is 3.13. The number of rotatable bonds is 4. The van der Waals surface area contributed by atoms with Gasteiger partial charge < -0.3 is 0 Å². The van der Waals surface area contributed by atoms with E-state index in [1.807, 2.05) is 29.8 Å². The molecule has 3 aromatic rings. The highest BCUT2D eigenvalue weighted by atomic mass is 32.1. The molecule has 0 spiro atoms. The summed E-state index contributed by atoms with van der Waals surface area (Å²) in [5.74, 6) is 0.713. The molecule has 3 heterocycles. The van der Waals surface area contributed by atoms with Crippen molar-refractivity contribution in [3.05, 3.63) is 39.1 Å². The van der Waals surface area contributed by atoms with Crippen LogP contribution in [0.4, 0.5) is 0 Å². The fourth-order valence-corrected chi connectivity index (χ4v) is 4.12. The SMILES string of the molecule is Cc1nc2scc(-c3cccs3)c2c(=O)n1CCCC#N. The molecule has 106 valence electrons. The van der Waals surface area contributed by atoms with Crippen LogP contribution in [0.1, 0.15) is 18.7 Å². The smallest absolute Gasteiger partial charge is 0.262 e. The summed E-state index contributed by atoms with van der Waals surface area (Å²) in [6.45, 7) is 2.39. The Hall–Kier alpha value is -1.97. The van der Waals surface area contributed by atoms with Crippen molar-refractivity contribution in [2.24, 2.45) is 0 Å². The molecule has 0 fully saturated rings. The lowest BCUT2D eigenvalue weighted by atomic mass is 10.2. The first-order chi connectivity index (χ1) is 10.2. The van der Waals surface area contributed by atoms with Crippen LogP contribution in [0.5, 0.6) is 0 Å². The fraction of sp³-hybridized carbons (Fsp3) is 0.267. The van der Waals surface area contributed by atoms with Gasteiger partial charge in [-0.15, -0.1) is 22.7 Å². The van der Waals surface area contributed by atoms with Crippen LogP contribution in [0, 0.1) is 18.3 Å². The molecule has 0 aromatic carbocycles. The Balaban J connectivity index is 2.16. The zero-order valence-corrected chi connectivity index (χ0v) is 13.1. The maximum atomic E-state index is 12.8. The molecule has 0 saturated carbocycles. The zero-order valence-electron chi connectivity index (χ0n) is 11.5. The number of thiophene rings is 2. The van der Waals surface area contributed by atoms with Crippen LogP contribution in [0.15, 0.2) is 27.7 Å². The number of nitriles is 1. The average Bonchev–Trinajstić information content (AvgIpc) is 3.10. The molecule has 6 heteroatoms. The van der Waals surface area contributed by atoms with Gasteiger partial charge in [-0.05, 0) is 24.8 Å². The second-order valence-electron chi connectivity index (χ2n) is 4.68. The normalized spacial score (nSPS) is 10.9. The average molecular weight is 315 g/mol. The second-order valence-corrected chi connectivity index (χ2v) is 6.49. The summed E-state index contributed by atoms with van der Waals surface area (Å²) in [4.78, 5) is 19.2. The van der Waals surface area contributed by atoms with Crippen molar-refractivity contribution in [1.29, 1.82) is 5.26 Å². The minimum absolute atomic E-state index is 0.0000831. The number of hydrogen-bond acceptors (Lipinski definition) is 5. The Labute approximate surface area is 129 Å². The molecule has 0 aliphatic rings. The Morgan fingerprint density at radius 3 is 3.00 bits per heavy atom. The highest BCUT2D eigenvalue weighted by molar-refractivity contribution is 7.18. The molecule has 0 amide bonds. The van der Waals surface area contributed by atoms with Gasteiger partial charge in [-0.25, -0.2) is 4.98 Å². The van der Waals surface area contributed by atoms with Gasteiger partial charge in [-0.3, -0.25) is 9.36 Å². The molecular formula is C15H13N3OS2. The molecule has 0 aliphatic carbocycles. The van der Waals surface area contributed by atoms with Gasteiger partial charge in [0.1, 0.15) is 10.7 Å². The highest BCUT2D eigenvalue weighted by Crippen LogP contribution is 2.33. The van der Waals surface area contributed by atoms with Crippen molar-refractivity contribution in [1.82, 2.24) is 9.55 Å². The van der Waals surface area contributed by atoms with Gasteiger partial charge in [0.05, 0.1) is 11.5 Å². The first-order valence-corrected chi connectivity index (χ1v) is 8.37. The van der Waals surface area contributed by atoms with Gasteiger partial charge in [0.15, 0.2) is 0 Å². The van der Waals surface area contributed by atoms with E-state index in [1.165, 1.54) is 11.3 Å². The monoisotopic (exact) mass is 315 g/mol. The van der Waals surface area contributed by atoms with Crippen molar-refractivity contribution in [3.63, 3.8) is 0 Å². The summed E-state index contributed by atoms with van der Waals surface area (Å²) in [5.41, 5.74) is 0.969. The third kappa shape index (κ3) is 2.50. The topological polar surface area (TPSA) is 58.7 Å². The third-order valence-corrected chi connectivity index (χ3v) is 5.12. The lowest BCUT2D eigenvalue weighted by Gasteiger charge is -2.08. The van der Waals surface area contributed by atoms with Crippen molar-refractivity contribution in [3.8, 4) is 16.5 Å². The van der Waals surface area contributed by atoms with Crippen molar-refractivity contribution >= 4 is 32.9 Å². The lowest BCUT2D eigenvalue weighted by Crippen LogP contribution is -2.23. The minimum Gasteiger partial charge on any atom is -0.296 e. The molecule has 3 rings (SSSR count). The molecule has 0 aliphatic heterocycles. The van der Waals surface area contributed by atoms with E-state index in [0.717, 1.165) is 15.3 Å². The van der Waals surface area contributed by atoms with Crippen molar-refractivity contribution < 1.29 is 0 Å². The molecule has 4 nitrogen and oxygen atoms in total. The van der Waals surface area contributed by atoms with E-state index >= 15 is 0 Å². The maximum absolute atomic E-state index is 12.8. The minimum atomic E-state index is 0.0000831. The third-order valence-electron chi connectivity index (χ3n) is 3.34. The first kappa shape index (κ1) is 14.0. The molecule has 0 saturated heterocycles. The molecule has 3 aromatic heterocycles. The Morgan fingerprint density at radius 1 is 1.43 bits per heavy atom. The predicted molar refractivity (Wildman–Crippen MR) is 86.8 cm³/mol. The number of aromatic nitrogens is 2. The van der Waals surface area contributed by atoms with E-state index in [4.69, 9.17) is 5.26 Å². The Bertz CT molecular complexity index is 869. The molecule has 0 N–H and O–H groups in total. The lowest BCUT2D eigenvalue weighted by molar-refractivity contribution is 0.607. The van der Waals surface area contributed by atoms with Crippen molar-refractivity contribution in [2.45, 2.75) is 26.3 Å². The van der Waals surface area contributed by atoms with Crippen molar-refractivity contribution in [2.75, 3.05) is 0 Å². The standard InChI is InChI=1S/C15H13N3OS2/c1-10-17-14-13(15(19)18(10)7-3-2-6-16)11(9-21-14)12-5-4-8-20-12/h4-5,8-9H,2-3,7H2,1H3. The van der Waals surface area contributed by atoms with E-state index < -0.39 is 0 Å². The Morgan fingerprint density at radius 2 is 2.29 bits per heavy atom. The number of fused-ring (bicyclic) bond motifs is 1. The predicted octanol–water partition coefficient (Wildman–Crippen LogP) is 3.80. The zero-order chi connectivity index (χ0) is 14.8. The second kappa shape index (κ2) is 5.80. The summed E-state index contributed by atoms with van der Waals surface area (Å²) in [6.07, 6.45) is 1.12. The van der Waals surface area contributed by atoms with Crippen LogP contribution >= 0.6 is 22.7 Å². The van der Waals surface area contributed by atoms with Gasteiger partial charge in [0.2, 0.25) is 0 Å².